The van der Waals surface area contributed by atoms with E-state index in [-0.39, 0.29) is 0 Å². The van der Waals surface area contributed by atoms with E-state index in [4.69, 9.17) is 10.00 Å². The summed E-state index contributed by atoms with van der Waals surface area (Å²) < 4.78 is 5.61. The standard InChI is InChI=1S/C15H9NO/c16-9-11-5-6-15-14(7-11)8-12-3-1-2-4-13(12)10-17-15/h1-8,10H. The van der Waals surface area contributed by atoms with Crippen LogP contribution in [-0.2, 0) is 0 Å². The lowest BCUT2D eigenvalue weighted by molar-refractivity contribution is 0.539. The SMILES string of the molecule is N#Cc1ccc2c(c1)C=c1ccccc1=CO2. The summed E-state index contributed by atoms with van der Waals surface area (Å²) in [5, 5.41) is 11.0. The van der Waals surface area contributed by atoms with Crippen LogP contribution in [0, 0.1) is 11.3 Å². The van der Waals surface area contributed by atoms with Crippen molar-refractivity contribution in [3.63, 3.8) is 0 Å². The monoisotopic (exact) mass is 219 g/mol. The fourth-order valence-electron chi connectivity index (χ4n) is 1.88. The third kappa shape index (κ3) is 1.68. The molecule has 80 valence electrons. The maximum Gasteiger partial charge on any atom is 0.133 e. The second-order valence-corrected chi connectivity index (χ2v) is 3.87. The van der Waals surface area contributed by atoms with E-state index in [1.807, 2.05) is 42.5 Å². The lowest BCUT2D eigenvalue weighted by Crippen LogP contribution is -2.23. The first kappa shape index (κ1) is 9.68. The van der Waals surface area contributed by atoms with Gasteiger partial charge in [-0.1, -0.05) is 24.3 Å². The molecule has 2 aromatic rings. The van der Waals surface area contributed by atoms with E-state index in [0.717, 1.165) is 21.8 Å². The van der Waals surface area contributed by atoms with Gasteiger partial charge in [0.2, 0.25) is 0 Å². The van der Waals surface area contributed by atoms with Crippen molar-refractivity contribution in [2.75, 3.05) is 0 Å². The normalized spacial score (nSPS) is 11.7. The average Bonchev–Trinajstić information content (AvgIpc) is 2.56. The van der Waals surface area contributed by atoms with Crippen LogP contribution in [0.5, 0.6) is 5.75 Å². The van der Waals surface area contributed by atoms with Crippen molar-refractivity contribution in [2.24, 2.45) is 0 Å². The molecule has 1 aliphatic heterocycles. The molecule has 0 saturated carbocycles. The predicted octanol–water partition coefficient (Wildman–Crippen LogP) is 1.52. The minimum absolute atomic E-state index is 0.642. The summed E-state index contributed by atoms with van der Waals surface area (Å²) >= 11 is 0. The molecule has 17 heavy (non-hydrogen) atoms. The molecule has 0 spiro atoms. The van der Waals surface area contributed by atoms with Gasteiger partial charge in [-0.25, -0.2) is 0 Å². The molecular formula is C15H9NO. The van der Waals surface area contributed by atoms with Gasteiger partial charge in [0, 0.05) is 10.8 Å². The number of ether oxygens (including phenoxy) is 1. The quantitative estimate of drug-likeness (QED) is 0.673. The largest absolute Gasteiger partial charge is 0.464 e. The lowest BCUT2D eigenvalue weighted by atomic mass is 10.1. The van der Waals surface area contributed by atoms with E-state index in [1.54, 1.807) is 12.3 Å². The summed E-state index contributed by atoms with van der Waals surface area (Å²) in [5.74, 6) is 0.778. The van der Waals surface area contributed by atoms with Crippen molar-refractivity contribution in [3.05, 3.63) is 64.0 Å². The minimum Gasteiger partial charge on any atom is -0.464 e. The van der Waals surface area contributed by atoms with Gasteiger partial charge in [-0.15, -0.1) is 0 Å². The predicted molar refractivity (Wildman–Crippen MR) is 65.5 cm³/mol. The number of nitriles is 1. The third-order valence-corrected chi connectivity index (χ3v) is 2.76. The summed E-state index contributed by atoms with van der Waals surface area (Å²) in [6.45, 7) is 0. The molecule has 2 heteroatoms. The fraction of sp³-hybridized carbons (Fsp3) is 0. The molecule has 0 atom stereocenters. The Bertz CT molecular complexity index is 738. The minimum atomic E-state index is 0.642. The van der Waals surface area contributed by atoms with E-state index >= 15 is 0 Å². The van der Waals surface area contributed by atoms with Crippen LogP contribution in [0.2, 0.25) is 0 Å². The van der Waals surface area contributed by atoms with Gasteiger partial charge in [0.05, 0.1) is 17.9 Å². The van der Waals surface area contributed by atoms with Crippen molar-refractivity contribution < 1.29 is 4.74 Å². The second-order valence-electron chi connectivity index (χ2n) is 3.87. The maximum absolute atomic E-state index is 8.89. The maximum atomic E-state index is 8.89. The molecule has 1 heterocycles. The number of benzene rings is 2. The zero-order valence-corrected chi connectivity index (χ0v) is 9.05. The molecule has 2 nitrogen and oxygen atoms in total. The van der Waals surface area contributed by atoms with E-state index < -0.39 is 0 Å². The van der Waals surface area contributed by atoms with Crippen LogP contribution in [0.15, 0.2) is 42.5 Å². The molecule has 0 aliphatic carbocycles. The molecule has 0 aromatic heterocycles. The number of hydrogen-bond acceptors (Lipinski definition) is 2. The summed E-state index contributed by atoms with van der Waals surface area (Å²) in [4.78, 5) is 0. The molecule has 0 fully saturated rings. The Morgan fingerprint density at radius 3 is 2.65 bits per heavy atom. The first-order valence-corrected chi connectivity index (χ1v) is 5.34. The van der Waals surface area contributed by atoms with Crippen molar-refractivity contribution >= 4 is 12.3 Å². The molecule has 0 unspecified atom stereocenters. The van der Waals surface area contributed by atoms with Gasteiger partial charge in [-0.3, -0.25) is 0 Å². The van der Waals surface area contributed by atoms with Gasteiger partial charge in [0.25, 0.3) is 0 Å². The first-order valence-electron chi connectivity index (χ1n) is 5.34. The highest BCUT2D eigenvalue weighted by atomic mass is 16.5. The van der Waals surface area contributed by atoms with Gasteiger partial charge in [-0.05, 0) is 29.5 Å². The van der Waals surface area contributed by atoms with Crippen LogP contribution in [0.3, 0.4) is 0 Å². The number of rotatable bonds is 0. The molecule has 0 bridgehead atoms. The summed E-state index contributed by atoms with van der Waals surface area (Å²) in [6.07, 6.45) is 3.78. The molecule has 0 saturated heterocycles. The number of hydrogen-bond donors (Lipinski definition) is 0. The van der Waals surface area contributed by atoms with Crippen LogP contribution < -0.4 is 15.2 Å². The van der Waals surface area contributed by atoms with Crippen molar-refractivity contribution in [3.8, 4) is 11.8 Å². The molecule has 3 rings (SSSR count). The van der Waals surface area contributed by atoms with E-state index in [1.165, 1.54) is 0 Å². The van der Waals surface area contributed by atoms with Crippen LogP contribution in [0.4, 0.5) is 0 Å². The van der Waals surface area contributed by atoms with Gasteiger partial charge in [-0.2, -0.15) is 5.26 Å². The smallest absolute Gasteiger partial charge is 0.133 e. The van der Waals surface area contributed by atoms with E-state index in [0.29, 0.717) is 5.56 Å². The highest BCUT2D eigenvalue weighted by Crippen LogP contribution is 2.21. The van der Waals surface area contributed by atoms with Crippen molar-refractivity contribution in [1.29, 1.82) is 5.26 Å². The zero-order chi connectivity index (χ0) is 11.7. The highest BCUT2D eigenvalue weighted by molar-refractivity contribution is 5.62. The Hall–Kier alpha value is -2.53. The Morgan fingerprint density at radius 1 is 1.00 bits per heavy atom. The zero-order valence-electron chi connectivity index (χ0n) is 9.05. The fourth-order valence-corrected chi connectivity index (χ4v) is 1.88. The first-order chi connectivity index (χ1) is 8.36. The van der Waals surface area contributed by atoms with Crippen molar-refractivity contribution in [1.82, 2.24) is 0 Å². The topological polar surface area (TPSA) is 33.0 Å². The summed E-state index contributed by atoms with van der Waals surface area (Å²) in [5.41, 5.74) is 1.58. The van der Waals surface area contributed by atoms with Crippen LogP contribution in [-0.4, -0.2) is 0 Å². The Morgan fingerprint density at radius 2 is 1.82 bits per heavy atom. The number of nitrogens with zero attached hydrogens (tertiary/aromatic N) is 1. The van der Waals surface area contributed by atoms with Gasteiger partial charge in [0.15, 0.2) is 0 Å². The second kappa shape index (κ2) is 3.80. The molecule has 0 amide bonds. The summed E-state index contributed by atoms with van der Waals surface area (Å²) in [6, 6.07) is 15.6. The Kier molecular flexibility index (Phi) is 2.16. The van der Waals surface area contributed by atoms with Gasteiger partial charge in [0.1, 0.15) is 5.75 Å². The highest BCUT2D eigenvalue weighted by Gasteiger charge is 2.04. The Labute approximate surface area is 98.7 Å². The number of fused-ring (bicyclic) bond motifs is 2. The van der Waals surface area contributed by atoms with E-state index in [9.17, 15) is 0 Å². The molecule has 0 N–H and O–H groups in total. The lowest BCUT2D eigenvalue weighted by Gasteiger charge is -2.02. The molecule has 1 aliphatic rings. The van der Waals surface area contributed by atoms with Crippen LogP contribution >= 0.6 is 0 Å². The third-order valence-electron chi connectivity index (χ3n) is 2.76. The van der Waals surface area contributed by atoms with Gasteiger partial charge < -0.3 is 4.74 Å². The molecule has 0 radical (unpaired) electrons. The summed E-state index contributed by atoms with van der Waals surface area (Å²) in [7, 11) is 0. The van der Waals surface area contributed by atoms with Crippen LogP contribution in [0.25, 0.3) is 12.3 Å². The van der Waals surface area contributed by atoms with Crippen LogP contribution in [0.1, 0.15) is 11.1 Å². The van der Waals surface area contributed by atoms with Gasteiger partial charge >= 0.3 is 0 Å². The van der Waals surface area contributed by atoms with E-state index in [2.05, 4.69) is 6.07 Å². The molecule has 2 aromatic carbocycles. The molecular weight excluding hydrogens is 210 g/mol. The Balaban J connectivity index is 2.31. The van der Waals surface area contributed by atoms with Crippen molar-refractivity contribution in [2.45, 2.75) is 0 Å². The average molecular weight is 219 g/mol.